The van der Waals surface area contributed by atoms with Crippen molar-refractivity contribution in [3.63, 3.8) is 0 Å². The smallest absolute Gasteiger partial charge is 0.246 e. The molecule has 0 amide bonds. The second-order valence-corrected chi connectivity index (χ2v) is 7.22. The zero-order valence-electron chi connectivity index (χ0n) is 18.1. The average molecular weight is 528 g/mol. The maximum absolute atomic E-state index is 5.48. The van der Waals surface area contributed by atoms with Crippen LogP contribution in [0.25, 0.3) is 0 Å². The molecule has 1 aromatic carbocycles. The molecular weight excluding hydrogens is 495 g/mol. The van der Waals surface area contributed by atoms with Crippen LogP contribution in [0.15, 0.2) is 33.8 Å². The van der Waals surface area contributed by atoms with E-state index in [1.165, 1.54) is 37.1 Å². The lowest BCUT2D eigenvalue weighted by Crippen LogP contribution is -2.36. The van der Waals surface area contributed by atoms with Crippen LogP contribution in [0.3, 0.4) is 0 Å². The summed E-state index contributed by atoms with van der Waals surface area (Å²) in [6, 6.07) is 8.77. The minimum absolute atomic E-state index is 0. The lowest BCUT2D eigenvalue weighted by atomic mass is 10.1. The van der Waals surface area contributed by atoms with Gasteiger partial charge in [0.05, 0.1) is 6.54 Å². The number of nitrogens with one attached hydrogen (secondary N) is 2. The number of rotatable bonds is 9. The van der Waals surface area contributed by atoms with Crippen LogP contribution in [0.1, 0.15) is 55.6 Å². The largest absolute Gasteiger partial charge is 0.371 e. The number of ether oxygens (including phenoxy) is 1. The van der Waals surface area contributed by atoms with Crippen LogP contribution in [0, 0.1) is 0 Å². The van der Waals surface area contributed by atoms with Gasteiger partial charge >= 0.3 is 0 Å². The first-order chi connectivity index (χ1) is 14.2. The van der Waals surface area contributed by atoms with Crippen molar-refractivity contribution in [3.05, 3.63) is 47.1 Å². The fourth-order valence-electron chi connectivity index (χ4n) is 3.36. The molecule has 1 fully saturated rings. The van der Waals surface area contributed by atoms with Crippen LogP contribution >= 0.6 is 24.0 Å². The minimum atomic E-state index is -0.177. The molecule has 8 nitrogen and oxygen atoms in total. The topological polar surface area (TPSA) is 87.8 Å². The van der Waals surface area contributed by atoms with Gasteiger partial charge in [-0.1, -0.05) is 29.4 Å². The summed E-state index contributed by atoms with van der Waals surface area (Å²) in [5, 5.41) is 10.5. The third-order valence-electron chi connectivity index (χ3n) is 4.98. The third kappa shape index (κ3) is 7.51. The Labute approximate surface area is 195 Å². The van der Waals surface area contributed by atoms with Gasteiger partial charge < -0.3 is 19.9 Å². The molecule has 9 heteroatoms. The molecule has 0 bridgehead atoms. The maximum Gasteiger partial charge on any atom is 0.246 e. The molecule has 1 aromatic heterocycles. The van der Waals surface area contributed by atoms with Gasteiger partial charge in [-0.3, -0.25) is 9.89 Å². The van der Waals surface area contributed by atoms with Crippen LogP contribution in [0.2, 0.25) is 0 Å². The Morgan fingerprint density at radius 3 is 2.50 bits per heavy atom. The molecule has 30 heavy (non-hydrogen) atoms. The van der Waals surface area contributed by atoms with Gasteiger partial charge in [-0.15, -0.1) is 24.0 Å². The van der Waals surface area contributed by atoms with Crippen LogP contribution in [0.5, 0.6) is 0 Å². The number of nitrogens with zero attached hydrogens (tertiary/aromatic N) is 4. The molecule has 3 rings (SSSR count). The molecule has 0 saturated carbocycles. The zero-order valence-corrected chi connectivity index (χ0v) is 20.4. The fourth-order valence-corrected chi connectivity index (χ4v) is 3.36. The lowest BCUT2D eigenvalue weighted by Gasteiger charge is -2.15. The van der Waals surface area contributed by atoms with Crippen molar-refractivity contribution >= 4 is 29.9 Å². The number of benzene rings is 1. The highest BCUT2D eigenvalue weighted by molar-refractivity contribution is 14.0. The molecule has 1 atom stereocenters. The molecule has 2 aromatic rings. The van der Waals surface area contributed by atoms with Crippen molar-refractivity contribution in [2.75, 3.05) is 26.7 Å². The van der Waals surface area contributed by atoms with E-state index < -0.39 is 0 Å². The number of halogens is 1. The van der Waals surface area contributed by atoms with E-state index in [4.69, 9.17) is 9.26 Å². The summed E-state index contributed by atoms with van der Waals surface area (Å²) >= 11 is 0. The number of likely N-dealkylation sites (tertiary alicyclic amines) is 1. The summed E-state index contributed by atoms with van der Waals surface area (Å²) in [7, 11) is 1.74. The summed E-state index contributed by atoms with van der Waals surface area (Å²) in [6.07, 6.45) is 2.47. The number of aliphatic imine (C=N–C) groups is 1. The normalized spacial score (nSPS) is 15.6. The maximum atomic E-state index is 5.48. The van der Waals surface area contributed by atoms with E-state index in [0.717, 1.165) is 6.54 Å². The predicted molar refractivity (Wildman–Crippen MR) is 128 cm³/mol. The van der Waals surface area contributed by atoms with Crippen LogP contribution in [-0.4, -0.2) is 47.7 Å². The van der Waals surface area contributed by atoms with Gasteiger partial charge in [-0.2, -0.15) is 4.98 Å². The molecule has 1 unspecified atom stereocenters. The lowest BCUT2D eigenvalue weighted by molar-refractivity contribution is 0.0683. The molecular formula is C21H33IN6O2. The van der Waals surface area contributed by atoms with Gasteiger partial charge in [0.2, 0.25) is 5.89 Å². The molecule has 166 valence electrons. The van der Waals surface area contributed by atoms with E-state index in [2.05, 4.69) is 54.9 Å². The Morgan fingerprint density at radius 2 is 1.83 bits per heavy atom. The van der Waals surface area contributed by atoms with Gasteiger partial charge in [0.15, 0.2) is 11.8 Å². The standard InChI is InChI=1S/C21H32N6O2.HI/c1-4-28-16(2)20-25-19(29-26-20)14-24-21(22-3)23-13-17-7-9-18(10-8-17)15-27-11-5-6-12-27;/h7-10,16H,4-6,11-15H2,1-3H3,(H2,22,23,24);1H. The number of hydrogen-bond acceptors (Lipinski definition) is 6. The van der Waals surface area contributed by atoms with Gasteiger partial charge in [0.1, 0.15) is 6.10 Å². The summed E-state index contributed by atoms with van der Waals surface area (Å²) < 4.78 is 10.7. The van der Waals surface area contributed by atoms with Crippen LogP contribution in [-0.2, 0) is 24.4 Å². The number of guanidine groups is 1. The second kappa shape index (κ2) is 12.9. The van der Waals surface area contributed by atoms with E-state index in [0.29, 0.717) is 37.4 Å². The van der Waals surface area contributed by atoms with E-state index in [1.807, 2.05) is 13.8 Å². The Bertz CT molecular complexity index is 774. The van der Waals surface area contributed by atoms with E-state index >= 15 is 0 Å². The zero-order chi connectivity index (χ0) is 20.5. The molecule has 1 saturated heterocycles. The minimum Gasteiger partial charge on any atom is -0.371 e. The molecule has 0 aliphatic carbocycles. The number of hydrogen-bond donors (Lipinski definition) is 2. The van der Waals surface area contributed by atoms with Crippen molar-refractivity contribution < 1.29 is 9.26 Å². The van der Waals surface area contributed by atoms with Gasteiger partial charge in [-0.25, -0.2) is 0 Å². The highest BCUT2D eigenvalue weighted by Gasteiger charge is 2.14. The summed E-state index contributed by atoms with van der Waals surface area (Å²) in [4.78, 5) is 11.1. The molecule has 0 radical (unpaired) electrons. The first-order valence-corrected chi connectivity index (χ1v) is 10.4. The Morgan fingerprint density at radius 1 is 1.17 bits per heavy atom. The monoisotopic (exact) mass is 528 g/mol. The second-order valence-electron chi connectivity index (χ2n) is 7.22. The Hall–Kier alpha value is -1.72. The summed E-state index contributed by atoms with van der Waals surface area (Å²) in [5.41, 5.74) is 2.58. The highest BCUT2D eigenvalue weighted by atomic mass is 127. The molecule has 0 spiro atoms. The van der Waals surface area contributed by atoms with E-state index in [9.17, 15) is 0 Å². The van der Waals surface area contributed by atoms with Crippen LogP contribution < -0.4 is 10.6 Å². The Kier molecular flexibility index (Phi) is 10.5. The van der Waals surface area contributed by atoms with Crippen molar-refractivity contribution in [1.29, 1.82) is 0 Å². The predicted octanol–water partition coefficient (Wildman–Crippen LogP) is 3.25. The average Bonchev–Trinajstić information content (AvgIpc) is 3.42. The first-order valence-electron chi connectivity index (χ1n) is 10.4. The first kappa shape index (κ1) is 24.5. The number of aromatic nitrogens is 2. The van der Waals surface area contributed by atoms with Crippen LogP contribution in [0.4, 0.5) is 0 Å². The van der Waals surface area contributed by atoms with Crippen molar-refractivity contribution in [2.24, 2.45) is 4.99 Å². The van der Waals surface area contributed by atoms with E-state index in [1.54, 1.807) is 7.05 Å². The fraction of sp³-hybridized carbons (Fsp3) is 0.571. The molecule has 2 N–H and O–H groups in total. The van der Waals surface area contributed by atoms with Crippen molar-refractivity contribution in [2.45, 2.75) is 52.4 Å². The molecule has 1 aliphatic heterocycles. The quantitative estimate of drug-likeness (QED) is 0.294. The van der Waals surface area contributed by atoms with E-state index in [-0.39, 0.29) is 30.1 Å². The Balaban J connectivity index is 0.00000320. The summed E-state index contributed by atoms with van der Waals surface area (Å²) in [5.74, 6) is 1.74. The van der Waals surface area contributed by atoms with Gasteiger partial charge in [-0.05, 0) is 50.9 Å². The summed E-state index contributed by atoms with van der Waals surface area (Å²) in [6.45, 7) is 9.04. The van der Waals surface area contributed by atoms with Crippen molar-refractivity contribution in [3.8, 4) is 0 Å². The van der Waals surface area contributed by atoms with Gasteiger partial charge in [0.25, 0.3) is 0 Å². The molecule has 1 aliphatic rings. The van der Waals surface area contributed by atoms with Gasteiger partial charge in [0, 0.05) is 26.7 Å². The highest BCUT2D eigenvalue weighted by Crippen LogP contribution is 2.14. The third-order valence-corrected chi connectivity index (χ3v) is 4.98. The SMILES string of the molecule is CCOC(C)c1noc(CNC(=NC)NCc2ccc(CN3CCCC3)cc2)n1.I. The van der Waals surface area contributed by atoms with Crippen molar-refractivity contribution in [1.82, 2.24) is 25.7 Å². The molecule has 2 heterocycles.